The van der Waals surface area contributed by atoms with Gasteiger partial charge in [0.1, 0.15) is 6.54 Å². The summed E-state index contributed by atoms with van der Waals surface area (Å²) in [5, 5.41) is 7.91. The Hall–Kier alpha value is -0.780. The monoisotopic (exact) mass is 157 g/mol. The summed E-state index contributed by atoms with van der Waals surface area (Å²) < 4.78 is 34.4. The average molecular weight is 157 g/mol. The van der Waals surface area contributed by atoms with Gasteiger partial charge in [-0.1, -0.05) is 0 Å². The molecule has 6 heteroatoms. The van der Waals surface area contributed by atoms with Crippen molar-refractivity contribution in [1.29, 1.82) is 0 Å². The number of hydrogen-bond donors (Lipinski definition) is 1. The quantitative estimate of drug-likeness (QED) is 0.594. The molecule has 0 rings (SSSR count). The lowest BCUT2D eigenvalue weighted by Crippen LogP contribution is -2.38. The Morgan fingerprint density at radius 2 is 2.00 bits per heavy atom. The van der Waals surface area contributed by atoms with E-state index in [1.807, 2.05) is 0 Å². The topological polar surface area (TPSA) is 40.5 Å². The van der Waals surface area contributed by atoms with Crippen LogP contribution in [-0.4, -0.2) is 35.9 Å². The molecule has 10 heavy (non-hydrogen) atoms. The maximum Gasteiger partial charge on any atom is 0.460 e. The first-order chi connectivity index (χ1) is 4.34. The predicted molar refractivity (Wildman–Crippen MR) is 26.3 cm³/mol. The van der Waals surface area contributed by atoms with Crippen LogP contribution in [0.15, 0.2) is 0 Å². The Morgan fingerprint density at radius 1 is 1.60 bits per heavy atom. The molecule has 0 fully saturated rings. The zero-order valence-corrected chi connectivity index (χ0v) is 5.14. The fourth-order valence-electron chi connectivity index (χ4n) is 0.293. The lowest BCUT2D eigenvalue weighted by Gasteiger charge is -2.16. The smallest absolute Gasteiger partial charge is 0.460 e. The van der Waals surface area contributed by atoms with Crippen LogP contribution in [0.3, 0.4) is 0 Å². The highest BCUT2D eigenvalue weighted by molar-refractivity contribution is 5.69. The van der Waals surface area contributed by atoms with Gasteiger partial charge in [-0.05, 0) is 7.05 Å². The normalized spacial score (nSPS) is 12.1. The van der Waals surface area contributed by atoms with E-state index in [-0.39, 0.29) is 4.90 Å². The predicted octanol–water partition coefficient (Wildman–Crippen LogP) is 0.523. The van der Waals surface area contributed by atoms with Crippen molar-refractivity contribution in [2.45, 2.75) is 6.30 Å². The van der Waals surface area contributed by atoms with Gasteiger partial charge in [0.2, 0.25) is 0 Å². The number of rotatable bonds is 2. The minimum Gasteiger partial charge on any atom is -0.480 e. The molecule has 3 nitrogen and oxygen atoms in total. The Kier molecular flexibility index (Phi) is 2.65. The van der Waals surface area contributed by atoms with E-state index >= 15 is 0 Å². The van der Waals surface area contributed by atoms with Gasteiger partial charge in [0.15, 0.2) is 0 Å². The van der Waals surface area contributed by atoms with Crippen LogP contribution in [0.1, 0.15) is 0 Å². The molecule has 0 heterocycles. The van der Waals surface area contributed by atoms with E-state index in [2.05, 4.69) is 0 Å². The van der Waals surface area contributed by atoms with Crippen LogP contribution < -0.4 is 0 Å². The molecular formula is C4H6F3NO2. The van der Waals surface area contributed by atoms with Crippen LogP contribution in [-0.2, 0) is 4.79 Å². The van der Waals surface area contributed by atoms with E-state index in [4.69, 9.17) is 5.11 Å². The molecule has 0 aromatic carbocycles. The number of hydrogen-bond acceptors (Lipinski definition) is 2. The molecule has 0 spiro atoms. The second kappa shape index (κ2) is 2.87. The third-order valence-corrected chi connectivity index (χ3v) is 0.805. The molecular weight excluding hydrogens is 151 g/mol. The highest BCUT2D eigenvalue weighted by Crippen LogP contribution is 2.17. The third-order valence-electron chi connectivity index (χ3n) is 0.805. The van der Waals surface area contributed by atoms with Gasteiger partial charge in [-0.15, -0.1) is 0 Å². The molecule has 0 atom stereocenters. The zero-order valence-electron chi connectivity index (χ0n) is 5.14. The number of carboxylic acids is 1. The molecule has 0 bridgehead atoms. The van der Waals surface area contributed by atoms with Crippen LogP contribution in [0, 0.1) is 0 Å². The second-order valence-corrected chi connectivity index (χ2v) is 1.72. The highest BCUT2D eigenvalue weighted by Gasteiger charge is 2.34. The first-order valence-corrected chi connectivity index (χ1v) is 2.34. The van der Waals surface area contributed by atoms with Crippen LogP contribution in [0.5, 0.6) is 0 Å². The number of carbonyl (C=O) groups is 1. The molecule has 0 aliphatic carbocycles. The lowest BCUT2D eigenvalue weighted by atomic mass is 10.6. The number of alkyl halides is 3. The van der Waals surface area contributed by atoms with Gasteiger partial charge in [-0.25, -0.2) is 4.90 Å². The van der Waals surface area contributed by atoms with Crippen LogP contribution in [0.25, 0.3) is 0 Å². The Labute approximate surface area is 55.0 Å². The fourth-order valence-corrected chi connectivity index (χ4v) is 0.293. The van der Waals surface area contributed by atoms with Crippen molar-refractivity contribution in [2.75, 3.05) is 13.6 Å². The molecule has 0 radical (unpaired) electrons. The largest absolute Gasteiger partial charge is 0.480 e. The minimum absolute atomic E-state index is 0.213. The maximum absolute atomic E-state index is 11.5. The van der Waals surface area contributed by atoms with Crippen molar-refractivity contribution in [3.05, 3.63) is 0 Å². The molecule has 0 aromatic heterocycles. The molecule has 0 saturated carbocycles. The van der Waals surface area contributed by atoms with Crippen LogP contribution >= 0.6 is 0 Å². The molecule has 0 aliphatic rings. The van der Waals surface area contributed by atoms with Gasteiger partial charge >= 0.3 is 12.3 Å². The van der Waals surface area contributed by atoms with E-state index in [0.29, 0.717) is 7.05 Å². The van der Waals surface area contributed by atoms with E-state index < -0.39 is 18.8 Å². The summed E-state index contributed by atoms with van der Waals surface area (Å²) in [5.74, 6) is -1.50. The third kappa shape index (κ3) is 3.29. The lowest BCUT2D eigenvalue weighted by molar-refractivity contribution is -0.237. The molecule has 60 valence electrons. The van der Waals surface area contributed by atoms with E-state index in [0.717, 1.165) is 0 Å². The highest BCUT2D eigenvalue weighted by atomic mass is 19.4. The summed E-state index contributed by atoms with van der Waals surface area (Å²) in [6, 6.07) is 0. The second-order valence-electron chi connectivity index (χ2n) is 1.72. The summed E-state index contributed by atoms with van der Waals surface area (Å²) in [6.45, 7) is -1.02. The van der Waals surface area contributed by atoms with Gasteiger partial charge in [0.25, 0.3) is 0 Å². The average Bonchev–Trinajstić information content (AvgIpc) is 1.60. The SMILES string of the molecule is CN(CC(=O)O)C(F)(F)F. The molecule has 0 aliphatic heterocycles. The summed E-state index contributed by atoms with van der Waals surface area (Å²) >= 11 is 0. The van der Waals surface area contributed by atoms with Gasteiger partial charge < -0.3 is 5.11 Å². The zero-order chi connectivity index (χ0) is 8.36. The fraction of sp³-hybridized carbons (Fsp3) is 0.750. The van der Waals surface area contributed by atoms with Crippen LogP contribution in [0.4, 0.5) is 13.2 Å². The van der Waals surface area contributed by atoms with Crippen molar-refractivity contribution < 1.29 is 23.1 Å². The van der Waals surface area contributed by atoms with Crippen molar-refractivity contribution in [3.63, 3.8) is 0 Å². The number of carboxylic acid groups (broad SMARTS) is 1. The number of aliphatic carboxylic acids is 1. The molecule has 0 saturated heterocycles. The molecule has 0 amide bonds. The van der Waals surface area contributed by atoms with Crippen molar-refractivity contribution >= 4 is 5.97 Å². The van der Waals surface area contributed by atoms with Crippen molar-refractivity contribution in [1.82, 2.24) is 4.90 Å². The van der Waals surface area contributed by atoms with Gasteiger partial charge in [-0.3, -0.25) is 4.79 Å². The summed E-state index contributed by atoms with van der Waals surface area (Å²) in [6.07, 6.45) is -4.56. The number of nitrogens with zero attached hydrogens (tertiary/aromatic N) is 1. The first-order valence-electron chi connectivity index (χ1n) is 2.34. The number of likely N-dealkylation sites (N-methyl/N-ethyl adjacent to an activating group) is 1. The maximum atomic E-state index is 11.5. The standard InChI is InChI=1S/C4H6F3NO2/c1-8(2-3(9)10)4(5,6)7/h2H2,1H3,(H,9,10). The summed E-state index contributed by atoms with van der Waals surface area (Å²) in [5.41, 5.74) is 0. The van der Waals surface area contributed by atoms with Gasteiger partial charge in [-0.2, -0.15) is 13.2 Å². The Morgan fingerprint density at radius 3 is 2.10 bits per heavy atom. The molecule has 0 aromatic rings. The number of halogens is 3. The van der Waals surface area contributed by atoms with Gasteiger partial charge in [0, 0.05) is 0 Å². The van der Waals surface area contributed by atoms with Crippen molar-refractivity contribution in [2.24, 2.45) is 0 Å². The Bertz CT molecular complexity index is 133. The van der Waals surface area contributed by atoms with Crippen molar-refractivity contribution in [3.8, 4) is 0 Å². The van der Waals surface area contributed by atoms with Crippen LogP contribution in [0.2, 0.25) is 0 Å². The van der Waals surface area contributed by atoms with E-state index in [1.165, 1.54) is 0 Å². The van der Waals surface area contributed by atoms with E-state index in [9.17, 15) is 18.0 Å². The summed E-state index contributed by atoms with van der Waals surface area (Å²) in [7, 11) is 0.675. The van der Waals surface area contributed by atoms with E-state index in [1.54, 1.807) is 0 Å². The Balaban J connectivity index is 3.85. The van der Waals surface area contributed by atoms with Gasteiger partial charge in [0.05, 0.1) is 0 Å². The minimum atomic E-state index is -4.56. The summed E-state index contributed by atoms with van der Waals surface area (Å²) in [4.78, 5) is 9.50. The molecule has 1 N–H and O–H groups in total. The first kappa shape index (κ1) is 9.22. The molecule has 0 unspecified atom stereocenters.